The fraction of sp³-hybridized carbons (Fsp3) is 0.385. The number of aromatic nitrogens is 1. The van der Waals surface area contributed by atoms with E-state index in [0.29, 0.717) is 0 Å². The molecule has 0 saturated carbocycles. The summed E-state index contributed by atoms with van der Waals surface area (Å²) >= 11 is 0. The van der Waals surface area contributed by atoms with Crippen molar-refractivity contribution in [3.8, 4) is 0 Å². The minimum atomic E-state index is -1.23. The van der Waals surface area contributed by atoms with E-state index < -0.39 is 12.0 Å². The summed E-state index contributed by atoms with van der Waals surface area (Å²) in [5.41, 5.74) is -0.153. The number of carbonyl (C=O) groups excluding carboxylic acids is 2. The molecule has 3 amide bonds. The Balaban J connectivity index is 2.44. The highest BCUT2D eigenvalue weighted by Gasteiger charge is 2.13. The molecule has 8 nitrogen and oxygen atoms in total. The minimum absolute atomic E-state index is 0.0415. The lowest BCUT2D eigenvalue weighted by Gasteiger charge is -2.10. The van der Waals surface area contributed by atoms with E-state index in [1.807, 2.05) is 13.8 Å². The van der Waals surface area contributed by atoms with E-state index >= 15 is 0 Å². The van der Waals surface area contributed by atoms with Crippen LogP contribution in [0, 0.1) is 0 Å². The van der Waals surface area contributed by atoms with Gasteiger partial charge in [-0.3, -0.25) is 4.79 Å². The summed E-state index contributed by atoms with van der Waals surface area (Å²) in [6, 6.07) is 2.39. The molecule has 21 heavy (non-hydrogen) atoms. The van der Waals surface area contributed by atoms with Gasteiger partial charge in [0, 0.05) is 25.2 Å². The highest BCUT2D eigenvalue weighted by atomic mass is 16.4. The number of amides is 3. The van der Waals surface area contributed by atoms with Crippen molar-refractivity contribution in [3.63, 3.8) is 0 Å². The molecule has 0 radical (unpaired) electrons. The van der Waals surface area contributed by atoms with Crippen LogP contribution in [0.15, 0.2) is 18.3 Å². The summed E-state index contributed by atoms with van der Waals surface area (Å²) in [4.78, 5) is 37.6. The number of rotatable bonds is 6. The average molecular weight is 294 g/mol. The SMILES string of the molecule is CC(C)NC(=O)CCNC(=O)Nc1cccnc1C(=O)O. The second kappa shape index (κ2) is 7.83. The molecule has 0 aliphatic rings. The third-order valence-electron chi connectivity index (χ3n) is 2.35. The molecule has 1 aromatic rings. The summed E-state index contributed by atoms with van der Waals surface area (Å²) in [5, 5.41) is 16.5. The number of hydrogen-bond acceptors (Lipinski definition) is 4. The standard InChI is InChI=1S/C13H18N4O4/c1-8(2)16-10(18)5-7-15-13(21)17-9-4-3-6-14-11(9)12(19)20/h3-4,6,8H,5,7H2,1-2H3,(H,16,18)(H,19,20)(H2,15,17,21). The number of hydrogen-bond donors (Lipinski definition) is 4. The van der Waals surface area contributed by atoms with Crippen molar-refractivity contribution >= 4 is 23.6 Å². The number of aromatic carboxylic acids is 1. The van der Waals surface area contributed by atoms with E-state index in [2.05, 4.69) is 20.9 Å². The normalized spacial score (nSPS) is 10.0. The van der Waals surface area contributed by atoms with Crippen LogP contribution in [0.1, 0.15) is 30.8 Å². The molecular weight excluding hydrogens is 276 g/mol. The molecule has 0 saturated heterocycles. The number of pyridine rings is 1. The molecule has 4 N–H and O–H groups in total. The van der Waals surface area contributed by atoms with Gasteiger partial charge < -0.3 is 21.1 Å². The molecule has 1 aromatic heterocycles. The molecule has 0 bridgehead atoms. The highest BCUT2D eigenvalue weighted by Crippen LogP contribution is 2.11. The number of anilines is 1. The van der Waals surface area contributed by atoms with Crippen molar-refractivity contribution in [1.29, 1.82) is 0 Å². The van der Waals surface area contributed by atoms with E-state index in [0.717, 1.165) is 0 Å². The summed E-state index contributed by atoms with van der Waals surface area (Å²) in [7, 11) is 0. The van der Waals surface area contributed by atoms with Crippen molar-refractivity contribution in [1.82, 2.24) is 15.6 Å². The molecule has 0 aromatic carbocycles. The van der Waals surface area contributed by atoms with Gasteiger partial charge in [0.1, 0.15) is 0 Å². The lowest BCUT2D eigenvalue weighted by atomic mass is 10.3. The zero-order valence-electron chi connectivity index (χ0n) is 11.8. The maximum atomic E-state index is 11.6. The molecule has 0 aliphatic carbocycles. The van der Waals surface area contributed by atoms with Crippen molar-refractivity contribution in [2.24, 2.45) is 0 Å². The van der Waals surface area contributed by atoms with Crippen LogP contribution < -0.4 is 16.0 Å². The number of urea groups is 1. The van der Waals surface area contributed by atoms with Crippen LogP contribution in [0.25, 0.3) is 0 Å². The van der Waals surface area contributed by atoms with Crippen LogP contribution in [0.5, 0.6) is 0 Å². The average Bonchev–Trinajstić information content (AvgIpc) is 2.38. The Labute approximate surface area is 121 Å². The largest absolute Gasteiger partial charge is 0.476 e. The van der Waals surface area contributed by atoms with E-state index in [4.69, 9.17) is 5.11 Å². The van der Waals surface area contributed by atoms with E-state index in [9.17, 15) is 14.4 Å². The summed E-state index contributed by atoms with van der Waals surface area (Å²) in [6.07, 6.45) is 1.47. The molecule has 1 heterocycles. The van der Waals surface area contributed by atoms with Gasteiger partial charge in [0.05, 0.1) is 5.69 Å². The van der Waals surface area contributed by atoms with Crippen molar-refractivity contribution in [3.05, 3.63) is 24.0 Å². The lowest BCUT2D eigenvalue weighted by Crippen LogP contribution is -2.35. The number of nitrogens with one attached hydrogen (secondary N) is 3. The Morgan fingerprint density at radius 1 is 1.33 bits per heavy atom. The van der Waals surface area contributed by atoms with Crippen LogP contribution in [0.2, 0.25) is 0 Å². The Kier molecular flexibility index (Phi) is 6.12. The zero-order valence-corrected chi connectivity index (χ0v) is 11.8. The zero-order chi connectivity index (χ0) is 15.8. The molecule has 114 valence electrons. The topological polar surface area (TPSA) is 120 Å². The summed E-state index contributed by atoms with van der Waals surface area (Å²) < 4.78 is 0. The highest BCUT2D eigenvalue weighted by molar-refractivity contribution is 5.98. The summed E-state index contributed by atoms with van der Waals surface area (Å²) in [6.45, 7) is 3.83. The van der Waals surface area contributed by atoms with Gasteiger partial charge in [0.25, 0.3) is 0 Å². The van der Waals surface area contributed by atoms with Gasteiger partial charge in [-0.25, -0.2) is 14.6 Å². The molecule has 0 atom stereocenters. The fourth-order valence-electron chi connectivity index (χ4n) is 1.53. The minimum Gasteiger partial charge on any atom is -0.476 e. The number of carboxylic acids is 1. The maximum Gasteiger partial charge on any atom is 0.356 e. The van der Waals surface area contributed by atoms with E-state index in [1.165, 1.54) is 18.3 Å². The molecule has 1 rings (SSSR count). The summed E-state index contributed by atoms with van der Waals surface area (Å²) in [5.74, 6) is -1.40. The van der Waals surface area contributed by atoms with Gasteiger partial charge in [-0.05, 0) is 26.0 Å². The molecule has 0 spiro atoms. The van der Waals surface area contributed by atoms with Crippen LogP contribution in [-0.2, 0) is 4.79 Å². The van der Waals surface area contributed by atoms with Gasteiger partial charge in [-0.15, -0.1) is 0 Å². The van der Waals surface area contributed by atoms with Crippen LogP contribution in [0.3, 0.4) is 0 Å². The van der Waals surface area contributed by atoms with Crippen molar-refractivity contribution in [2.75, 3.05) is 11.9 Å². The van der Waals surface area contributed by atoms with Crippen LogP contribution >= 0.6 is 0 Å². The third kappa shape index (κ3) is 5.89. The van der Waals surface area contributed by atoms with Crippen molar-refractivity contribution < 1.29 is 19.5 Å². The molecule has 0 aliphatic heterocycles. The van der Waals surface area contributed by atoms with Gasteiger partial charge >= 0.3 is 12.0 Å². The second-order valence-corrected chi connectivity index (χ2v) is 4.56. The van der Waals surface area contributed by atoms with Crippen LogP contribution in [-0.4, -0.2) is 40.6 Å². The number of carbonyl (C=O) groups is 3. The maximum absolute atomic E-state index is 11.6. The van der Waals surface area contributed by atoms with Crippen LogP contribution in [0.4, 0.5) is 10.5 Å². The van der Waals surface area contributed by atoms with E-state index in [-0.39, 0.29) is 36.3 Å². The Hall–Kier alpha value is -2.64. The Bertz CT molecular complexity index is 531. The fourth-order valence-corrected chi connectivity index (χ4v) is 1.53. The molecule has 8 heteroatoms. The van der Waals surface area contributed by atoms with Gasteiger partial charge in [-0.1, -0.05) is 0 Å². The number of nitrogens with zero attached hydrogens (tertiary/aromatic N) is 1. The van der Waals surface area contributed by atoms with E-state index in [1.54, 1.807) is 0 Å². The Morgan fingerprint density at radius 3 is 2.67 bits per heavy atom. The first-order chi connectivity index (χ1) is 9.90. The predicted molar refractivity (Wildman–Crippen MR) is 76.1 cm³/mol. The van der Waals surface area contributed by atoms with Gasteiger partial charge in [-0.2, -0.15) is 0 Å². The molecule has 0 fully saturated rings. The lowest BCUT2D eigenvalue weighted by molar-refractivity contribution is -0.121. The first-order valence-corrected chi connectivity index (χ1v) is 6.42. The van der Waals surface area contributed by atoms with Gasteiger partial charge in [0.2, 0.25) is 5.91 Å². The second-order valence-electron chi connectivity index (χ2n) is 4.56. The first-order valence-electron chi connectivity index (χ1n) is 6.42. The third-order valence-corrected chi connectivity index (χ3v) is 2.35. The monoisotopic (exact) mass is 294 g/mol. The molecule has 0 unspecified atom stereocenters. The quantitative estimate of drug-likeness (QED) is 0.619. The predicted octanol–water partition coefficient (Wildman–Crippen LogP) is 0.816. The molecular formula is C13H18N4O4. The van der Waals surface area contributed by atoms with Crippen molar-refractivity contribution in [2.45, 2.75) is 26.3 Å². The first kappa shape index (κ1) is 16.4. The number of carboxylic acid groups (broad SMARTS) is 1. The van der Waals surface area contributed by atoms with Gasteiger partial charge in [0.15, 0.2) is 5.69 Å². The smallest absolute Gasteiger partial charge is 0.356 e. The Morgan fingerprint density at radius 2 is 2.05 bits per heavy atom.